The van der Waals surface area contributed by atoms with E-state index in [9.17, 15) is 4.79 Å². The molecule has 0 saturated heterocycles. The topological polar surface area (TPSA) is 63.2 Å². The van der Waals surface area contributed by atoms with E-state index in [1.165, 1.54) is 0 Å². The molecule has 0 atom stereocenters. The van der Waals surface area contributed by atoms with Crippen LogP contribution in [0, 0.1) is 0 Å². The highest BCUT2D eigenvalue weighted by atomic mass is 16.5. The van der Waals surface area contributed by atoms with Crippen LogP contribution in [-0.2, 0) is 0 Å². The second-order valence-corrected chi connectivity index (χ2v) is 6.38. The number of para-hydroxylation sites is 1. The van der Waals surface area contributed by atoms with E-state index in [0.717, 1.165) is 5.75 Å². The van der Waals surface area contributed by atoms with Gasteiger partial charge in [-0.2, -0.15) is 0 Å². The van der Waals surface area contributed by atoms with Gasteiger partial charge in [-0.1, -0.05) is 18.2 Å². The number of hydrogen-bond donors (Lipinski definition) is 0. The van der Waals surface area contributed by atoms with Crippen molar-refractivity contribution in [1.29, 1.82) is 0 Å². The lowest BCUT2D eigenvalue weighted by molar-refractivity contribution is 0.0733. The first-order valence-corrected chi connectivity index (χ1v) is 10.3. The van der Waals surface area contributed by atoms with Crippen LogP contribution in [0.25, 0.3) is 0 Å². The van der Waals surface area contributed by atoms with Crippen molar-refractivity contribution in [2.75, 3.05) is 19.8 Å². The number of carbonyl (C=O) groups excluding carboxylic acids is 1. The van der Waals surface area contributed by atoms with Crippen LogP contribution in [0.5, 0.6) is 34.5 Å². The molecule has 0 spiro atoms. The number of rotatable bonds is 10. The fourth-order valence-corrected chi connectivity index (χ4v) is 2.87. The molecule has 0 saturated carbocycles. The lowest BCUT2D eigenvalue weighted by Gasteiger charge is -2.16. The highest BCUT2D eigenvalue weighted by molar-refractivity contribution is 5.92. The third kappa shape index (κ3) is 5.92. The third-order valence-corrected chi connectivity index (χ3v) is 4.16. The van der Waals surface area contributed by atoms with Gasteiger partial charge in [0.1, 0.15) is 17.2 Å². The number of benzene rings is 3. The lowest BCUT2D eigenvalue weighted by Crippen LogP contribution is -2.11. The minimum Gasteiger partial charge on any atom is -0.490 e. The highest BCUT2D eigenvalue weighted by Gasteiger charge is 2.19. The Labute approximate surface area is 182 Å². The first-order chi connectivity index (χ1) is 15.1. The maximum atomic E-state index is 12.8. The fraction of sp³-hybridized carbons (Fsp3) is 0.240. The van der Waals surface area contributed by atoms with E-state index in [1.807, 2.05) is 51.1 Å². The average molecular weight is 422 g/mol. The van der Waals surface area contributed by atoms with Crippen molar-refractivity contribution in [3.63, 3.8) is 0 Å². The molecule has 0 bridgehead atoms. The van der Waals surface area contributed by atoms with Crippen LogP contribution in [0.4, 0.5) is 0 Å². The molecule has 0 aromatic heterocycles. The highest BCUT2D eigenvalue weighted by Crippen LogP contribution is 2.39. The van der Waals surface area contributed by atoms with Gasteiger partial charge in [0.2, 0.25) is 5.75 Å². The molecule has 162 valence electrons. The molecule has 0 radical (unpaired) electrons. The molecule has 6 nitrogen and oxygen atoms in total. The van der Waals surface area contributed by atoms with E-state index in [-0.39, 0.29) is 0 Å². The van der Waals surface area contributed by atoms with Gasteiger partial charge in [-0.25, -0.2) is 4.79 Å². The van der Waals surface area contributed by atoms with Gasteiger partial charge in [0.05, 0.1) is 25.4 Å². The van der Waals surface area contributed by atoms with Crippen molar-refractivity contribution in [2.45, 2.75) is 20.8 Å². The second-order valence-electron chi connectivity index (χ2n) is 6.38. The molecule has 0 fully saturated rings. The van der Waals surface area contributed by atoms with Crippen molar-refractivity contribution in [3.05, 3.63) is 72.3 Å². The first kappa shape index (κ1) is 22.0. The zero-order valence-corrected chi connectivity index (χ0v) is 17.9. The van der Waals surface area contributed by atoms with Crippen molar-refractivity contribution in [1.82, 2.24) is 0 Å². The van der Waals surface area contributed by atoms with E-state index in [0.29, 0.717) is 54.1 Å². The van der Waals surface area contributed by atoms with Gasteiger partial charge in [0.25, 0.3) is 0 Å². The minimum absolute atomic E-state index is 0.306. The summed E-state index contributed by atoms with van der Waals surface area (Å²) in [5.41, 5.74) is 0.306. The summed E-state index contributed by atoms with van der Waals surface area (Å²) >= 11 is 0. The summed E-state index contributed by atoms with van der Waals surface area (Å²) in [6, 6.07) is 19.5. The molecule has 0 heterocycles. The van der Waals surface area contributed by atoms with Crippen LogP contribution in [0.1, 0.15) is 31.1 Å². The Bertz CT molecular complexity index is 956. The van der Waals surface area contributed by atoms with Crippen LogP contribution in [0.3, 0.4) is 0 Å². The maximum Gasteiger partial charge on any atom is 0.343 e. The molecule has 31 heavy (non-hydrogen) atoms. The molecule has 0 aliphatic carbocycles. The number of esters is 1. The summed E-state index contributed by atoms with van der Waals surface area (Å²) in [7, 11) is 0. The van der Waals surface area contributed by atoms with E-state index < -0.39 is 5.97 Å². The Kier molecular flexibility index (Phi) is 7.76. The summed E-state index contributed by atoms with van der Waals surface area (Å²) < 4.78 is 28.3. The smallest absolute Gasteiger partial charge is 0.343 e. The van der Waals surface area contributed by atoms with E-state index in [4.69, 9.17) is 23.7 Å². The molecular weight excluding hydrogens is 396 g/mol. The van der Waals surface area contributed by atoms with Gasteiger partial charge in [-0.3, -0.25) is 0 Å². The molecule has 0 amide bonds. The lowest BCUT2D eigenvalue weighted by atomic mass is 10.1. The number of carbonyl (C=O) groups is 1. The molecule has 6 heteroatoms. The summed E-state index contributed by atoms with van der Waals surface area (Å²) in [5, 5.41) is 0. The van der Waals surface area contributed by atoms with Gasteiger partial charge in [-0.05, 0) is 69.3 Å². The third-order valence-electron chi connectivity index (χ3n) is 4.16. The molecular formula is C25H26O6. The van der Waals surface area contributed by atoms with Crippen molar-refractivity contribution in [2.24, 2.45) is 0 Å². The predicted octanol–water partition coefficient (Wildman–Crippen LogP) is 5.89. The van der Waals surface area contributed by atoms with Gasteiger partial charge in [-0.15, -0.1) is 0 Å². The molecule has 0 N–H and O–H groups in total. The fourth-order valence-electron chi connectivity index (χ4n) is 2.87. The largest absolute Gasteiger partial charge is 0.490 e. The van der Waals surface area contributed by atoms with Crippen molar-refractivity contribution >= 4 is 5.97 Å². The van der Waals surface area contributed by atoms with Crippen LogP contribution in [0.15, 0.2) is 66.7 Å². The maximum absolute atomic E-state index is 12.8. The van der Waals surface area contributed by atoms with Crippen molar-refractivity contribution in [3.8, 4) is 34.5 Å². The number of ether oxygens (including phenoxy) is 5. The van der Waals surface area contributed by atoms with Gasteiger partial charge < -0.3 is 23.7 Å². The standard InChI is InChI=1S/C25H26O6/c1-4-27-22-16-18(17-23(28-5-2)24(22)29-6-3)25(26)31-21-14-12-20(13-15-21)30-19-10-8-7-9-11-19/h7-17H,4-6H2,1-3H3. The zero-order chi connectivity index (χ0) is 22.1. The molecule has 0 aliphatic rings. The van der Waals surface area contributed by atoms with Crippen LogP contribution >= 0.6 is 0 Å². The quantitative estimate of drug-likeness (QED) is 0.300. The van der Waals surface area contributed by atoms with E-state index in [1.54, 1.807) is 36.4 Å². The summed E-state index contributed by atoms with van der Waals surface area (Å²) in [4.78, 5) is 12.8. The monoisotopic (exact) mass is 422 g/mol. The van der Waals surface area contributed by atoms with Crippen LogP contribution < -0.4 is 23.7 Å². The molecule has 0 aliphatic heterocycles. The Morgan fingerprint density at radius 2 is 1.19 bits per heavy atom. The van der Waals surface area contributed by atoms with Crippen LogP contribution in [0.2, 0.25) is 0 Å². The summed E-state index contributed by atoms with van der Waals surface area (Å²) in [5.74, 6) is 2.60. The Hall–Kier alpha value is -3.67. The van der Waals surface area contributed by atoms with Gasteiger partial charge in [0, 0.05) is 0 Å². The molecule has 3 aromatic carbocycles. The van der Waals surface area contributed by atoms with E-state index >= 15 is 0 Å². The van der Waals surface area contributed by atoms with Crippen molar-refractivity contribution < 1.29 is 28.5 Å². The first-order valence-electron chi connectivity index (χ1n) is 10.3. The second kappa shape index (κ2) is 10.9. The normalized spacial score (nSPS) is 10.3. The molecule has 3 rings (SSSR count). The van der Waals surface area contributed by atoms with Crippen LogP contribution in [-0.4, -0.2) is 25.8 Å². The zero-order valence-electron chi connectivity index (χ0n) is 17.9. The average Bonchev–Trinajstić information content (AvgIpc) is 2.78. The molecule has 3 aromatic rings. The Balaban J connectivity index is 1.77. The Morgan fingerprint density at radius 3 is 1.74 bits per heavy atom. The SMILES string of the molecule is CCOc1cc(C(=O)Oc2ccc(Oc3ccccc3)cc2)cc(OCC)c1OCC. The van der Waals surface area contributed by atoms with E-state index in [2.05, 4.69) is 0 Å². The van der Waals surface area contributed by atoms with Gasteiger partial charge >= 0.3 is 5.97 Å². The minimum atomic E-state index is -0.526. The predicted molar refractivity (Wildman–Crippen MR) is 118 cm³/mol. The van der Waals surface area contributed by atoms with Gasteiger partial charge in [0.15, 0.2) is 11.5 Å². The molecule has 0 unspecified atom stereocenters. The summed E-state index contributed by atoms with van der Waals surface area (Å²) in [6.45, 7) is 6.89. The summed E-state index contributed by atoms with van der Waals surface area (Å²) in [6.07, 6.45) is 0. The number of hydrogen-bond acceptors (Lipinski definition) is 6. The Morgan fingerprint density at radius 1 is 0.677 bits per heavy atom.